The highest BCUT2D eigenvalue weighted by molar-refractivity contribution is 5.74. The smallest absolute Gasteiger partial charge is 0.315 e. The first kappa shape index (κ1) is 16.9. The van der Waals surface area contributed by atoms with Gasteiger partial charge in [-0.25, -0.2) is 9.18 Å². The molecule has 0 aliphatic carbocycles. The molecule has 2 amide bonds. The van der Waals surface area contributed by atoms with E-state index >= 15 is 0 Å². The summed E-state index contributed by atoms with van der Waals surface area (Å²) in [4.78, 5) is 16.0. The van der Waals surface area contributed by atoms with Gasteiger partial charge in [0.2, 0.25) is 0 Å². The second-order valence-electron chi connectivity index (χ2n) is 5.26. The molecule has 122 valence electrons. The zero-order valence-corrected chi connectivity index (χ0v) is 12.9. The highest BCUT2D eigenvalue weighted by Gasteiger charge is 2.18. The molecule has 0 fully saturated rings. The van der Waals surface area contributed by atoms with Crippen LogP contribution < -0.4 is 10.6 Å². The maximum Gasteiger partial charge on any atom is 0.315 e. The van der Waals surface area contributed by atoms with Gasteiger partial charge in [0.05, 0.1) is 12.1 Å². The van der Waals surface area contributed by atoms with Gasteiger partial charge in [-0.3, -0.25) is 4.98 Å². The molecule has 0 saturated heterocycles. The van der Waals surface area contributed by atoms with Gasteiger partial charge in [-0.15, -0.1) is 0 Å². The van der Waals surface area contributed by atoms with Crippen LogP contribution in [0.2, 0.25) is 0 Å². The molecule has 0 unspecified atom stereocenters. The first-order chi connectivity index (χ1) is 11.1. The normalized spacial score (nSPS) is 13.2. The van der Waals surface area contributed by atoms with E-state index in [1.807, 2.05) is 18.2 Å². The van der Waals surface area contributed by atoms with E-state index in [0.29, 0.717) is 18.5 Å². The predicted octanol–water partition coefficient (Wildman–Crippen LogP) is 2.18. The maximum absolute atomic E-state index is 12.9. The van der Waals surface area contributed by atoms with E-state index in [1.165, 1.54) is 24.3 Å². The molecule has 0 spiro atoms. The Morgan fingerprint density at radius 1 is 1.26 bits per heavy atom. The van der Waals surface area contributed by atoms with E-state index < -0.39 is 12.1 Å². The lowest BCUT2D eigenvalue weighted by Gasteiger charge is -2.21. The number of urea groups is 1. The van der Waals surface area contributed by atoms with Gasteiger partial charge >= 0.3 is 6.03 Å². The number of nitrogens with one attached hydrogen (secondary N) is 2. The Labute approximate surface area is 134 Å². The van der Waals surface area contributed by atoms with E-state index in [4.69, 9.17) is 0 Å². The number of benzene rings is 1. The lowest BCUT2D eigenvalue weighted by molar-refractivity contribution is 0.137. The monoisotopic (exact) mass is 317 g/mol. The molecule has 2 rings (SSSR count). The minimum Gasteiger partial charge on any atom is -0.386 e. The molecule has 23 heavy (non-hydrogen) atoms. The predicted molar refractivity (Wildman–Crippen MR) is 85.3 cm³/mol. The second kappa shape index (κ2) is 8.24. The van der Waals surface area contributed by atoms with Crippen LogP contribution in [0.3, 0.4) is 0 Å². The minimum atomic E-state index is -0.905. The quantitative estimate of drug-likeness (QED) is 0.764. The Morgan fingerprint density at radius 2 is 2.00 bits per heavy atom. The van der Waals surface area contributed by atoms with Crippen LogP contribution in [0.4, 0.5) is 9.18 Å². The van der Waals surface area contributed by atoms with Crippen molar-refractivity contribution < 1.29 is 14.3 Å². The molecule has 1 aromatic carbocycles. The molecule has 0 bridgehead atoms. The number of carbonyl (C=O) groups is 1. The first-order valence-electron chi connectivity index (χ1n) is 7.44. The fourth-order valence-corrected chi connectivity index (χ4v) is 2.14. The molecule has 6 heteroatoms. The van der Waals surface area contributed by atoms with E-state index in [2.05, 4.69) is 15.6 Å². The van der Waals surface area contributed by atoms with Crippen LogP contribution >= 0.6 is 0 Å². The zero-order valence-electron chi connectivity index (χ0n) is 12.9. The molecule has 0 saturated carbocycles. The van der Waals surface area contributed by atoms with Crippen molar-refractivity contribution in [3.63, 3.8) is 0 Å². The van der Waals surface area contributed by atoms with Gasteiger partial charge in [0.1, 0.15) is 5.82 Å². The third-order valence-corrected chi connectivity index (χ3v) is 3.44. The minimum absolute atomic E-state index is 0.366. The SMILES string of the molecule is C[C@H](NC(=O)NCCc1ccccn1)[C@@H](O)c1ccc(F)cc1. The van der Waals surface area contributed by atoms with Crippen LogP contribution in [-0.2, 0) is 6.42 Å². The molecule has 0 aliphatic rings. The lowest BCUT2D eigenvalue weighted by Crippen LogP contribution is -2.44. The number of rotatable bonds is 6. The Kier molecular flexibility index (Phi) is 6.05. The number of halogens is 1. The molecule has 0 radical (unpaired) electrons. The Balaban J connectivity index is 1.76. The molecule has 1 heterocycles. The lowest BCUT2D eigenvalue weighted by atomic mass is 10.0. The van der Waals surface area contributed by atoms with Crippen LogP contribution in [0.15, 0.2) is 48.7 Å². The van der Waals surface area contributed by atoms with Gasteiger partial charge in [-0.05, 0) is 36.8 Å². The topological polar surface area (TPSA) is 74.2 Å². The summed E-state index contributed by atoms with van der Waals surface area (Å²) in [5.41, 5.74) is 1.44. The van der Waals surface area contributed by atoms with Gasteiger partial charge in [0.15, 0.2) is 0 Å². The van der Waals surface area contributed by atoms with Gasteiger partial charge in [-0.2, -0.15) is 0 Å². The molecule has 0 aliphatic heterocycles. The summed E-state index contributed by atoms with van der Waals surface area (Å²) in [7, 11) is 0. The van der Waals surface area contributed by atoms with Gasteiger partial charge in [-0.1, -0.05) is 18.2 Å². The fraction of sp³-hybridized carbons (Fsp3) is 0.294. The molecular weight excluding hydrogens is 297 g/mol. The van der Waals surface area contributed by atoms with Gasteiger partial charge in [0.25, 0.3) is 0 Å². The average molecular weight is 317 g/mol. The highest BCUT2D eigenvalue weighted by Crippen LogP contribution is 2.16. The second-order valence-corrected chi connectivity index (χ2v) is 5.26. The molecule has 2 aromatic rings. The number of aliphatic hydroxyl groups is 1. The van der Waals surface area contributed by atoms with Gasteiger partial charge < -0.3 is 15.7 Å². The van der Waals surface area contributed by atoms with Crippen molar-refractivity contribution in [3.8, 4) is 0 Å². The number of nitrogens with zero attached hydrogens (tertiary/aromatic N) is 1. The van der Waals surface area contributed by atoms with Crippen LogP contribution in [0.5, 0.6) is 0 Å². The molecule has 2 atom stereocenters. The number of carbonyl (C=O) groups excluding carboxylic acids is 1. The largest absolute Gasteiger partial charge is 0.386 e. The van der Waals surface area contributed by atoms with Crippen molar-refractivity contribution in [3.05, 3.63) is 65.7 Å². The van der Waals surface area contributed by atoms with E-state index in [-0.39, 0.29) is 11.8 Å². The molecule has 5 nitrogen and oxygen atoms in total. The van der Waals surface area contributed by atoms with Crippen molar-refractivity contribution in [1.82, 2.24) is 15.6 Å². The number of pyridine rings is 1. The van der Waals surface area contributed by atoms with Crippen LogP contribution in [0.1, 0.15) is 24.3 Å². The molecule has 3 N–H and O–H groups in total. The summed E-state index contributed by atoms with van der Waals surface area (Å²) in [6.45, 7) is 2.13. The molecule has 1 aromatic heterocycles. The summed E-state index contributed by atoms with van der Waals surface area (Å²) < 4.78 is 12.9. The maximum atomic E-state index is 12.9. The number of aliphatic hydroxyl groups excluding tert-OH is 1. The van der Waals surface area contributed by atoms with Gasteiger partial charge in [0, 0.05) is 24.9 Å². The standard InChI is InChI=1S/C17H20FN3O2/c1-12(16(22)13-5-7-14(18)8-6-13)21-17(23)20-11-9-15-4-2-3-10-19-15/h2-8,10,12,16,22H,9,11H2,1H3,(H2,20,21,23)/t12-,16+/m0/s1. The Hall–Kier alpha value is -2.47. The number of amides is 2. The van der Waals surface area contributed by atoms with Crippen molar-refractivity contribution >= 4 is 6.03 Å². The third-order valence-electron chi connectivity index (χ3n) is 3.44. The van der Waals surface area contributed by atoms with Crippen molar-refractivity contribution in [2.45, 2.75) is 25.5 Å². The Bertz CT molecular complexity index is 619. The number of hydrogen-bond acceptors (Lipinski definition) is 3. The molecular formula is C17H20FN3O2. The average Bonchev–Trinajstić information content (AvgIpc) is 2.56. The van der Waals surface area contributed by atoms with E-state index in [0.717, 1.165) is 5.69 Å². The van der Waals surface area contributed by atoms with Crippen LogP contribution in [-0.4, -0.2) is 28.7 Å². The van der Waals surface area contributed by atoms with Crippen molar-refractivity contribution in [1.29, 1.82) is 0 Å². The van der Waals surface area contributed by atoms with Crippen molar-refractivity contribution in [2.24, 2.45) is 0 Å². The number of hydrogen-bond donors (Lipinski definition) is 3. The first-order valence-corrected chi connectivity index (χ1v) is 7.44. The van der Waals surface area contributed by atoms with Crippen LogP contribution in [0.25, 0.3) is 0 Å². The summed E-state index contributed by atoms with van der Waals surface area (Å²) in [6, 6.07) is 10.3. The summed E-state index contributed by atoms with van der Waals surface area (Å²) in [5.74, 6) is -0.367. The van der Waals surface area contributed by atoms with E-state index in [9.17, 15) is 14.3 Å². The summed E-state index contributed by atoms with van der Waals surface area (Å²) in [5, 5.41) is 15.5. The van der Waals surface area contributed by atoms with E-state index in [1.54, 1.807) is 13.1 Å². The Morgan fingerprint density at radius 3 is 2.65 bits per heavy atom. The third kappa shape index (κ3) is 5.34. The van der Waals surface area contributed by atoms with Crippen molar-refractivity contribution in [2.75, 3.05) is 6.54 Å². The zero-order chi connectivity index (χ0) is 16.7. The van der Waals surface area contributed by atoms with Crippen LogP contribution in [0, 0.1) is 5.82 Å². The summed E-state index contributed by atoms with van der Waals surface area (Å²) in [6.07, 6.45) is 1.43. The highest BCUT2D eigenvalue weighted by atomic mass is 19.1. The summed E-state index contributed by atoms with van der Waals surface area (Å²) >= 11 is 0. The fourth-order valence-electron chi connectivity index (χ4n) is 2.14. The number of aromatic nitrogens is 1.